The van der Waals surface area contributed by atoms with Gasteiger partial charge in [0, 0.05) is 50.7 Å². The maximum absolute atomic E-state index is 5.81. The zero-order chi connectivity index (χ0) is 17.6. The Hall–Kier alpha value is -2.34. The van der Waals surface area contributed by atoms with Gasteiger partial charge in [-0.05, 0) is 19.9 Å². The lowest BCUT2D eigenvalue weighted by atomic mass is 10.1. The second-order valence-corrected chi connectivity index (χ2v) is 6.43. The summed E-state index contributed by atoms with van der Waals surface area (Å²) in [7, 11) is 1.72. The van der Waals surface area contributed by atoms with Gasteiger partial charge in [0.15, 0.2) is 5.82 Å². The molecular weight excluding hydrogens is 316 g/mol. The number of ether oxygens (including phenoxy) is 2. The number of methoxy groups -OCH3 is 1. The molecule has 1 aliphatic heterocycles. The Morgan fingerprint density at radius 2 is 1.76 bits per heavy atom. The Balaban J connectivity index is 1.63. The van der Waals surface area contributed by atoms with Gasteiger partial charge in [-0.15, -0.1) is 0 Å². The maximum Gasteiger partial charge on any atom is 0.257 e. The van der Waals surface area contributed by atoms with Crippen molar-refractivity contribution in [3.8, 4) is 11.6 Å². The molecule has 25 heavy (non-hydrogen) atoms. The van der Waals surface area contributed by atoms with Gasteiger partial charge in [-0.2, -0.15) is 0 Å². The second kappa shape index (κ2) is 8.16. The molecule has 1 aromatic heterocycles. The van der Waals surface area contributed by atoms with Crippen LogP contribution in [0, 0.1) is 0 Å². The van der Waals surface area contributed by atoms with Gasteiger partial charge in [0.2, 0.25) is 0 Å². The molecule has 6 nitrogen and oxygen atoms in total. The fraction of sp³-hybridized carbons (Fsp3) is 0.474. The summed E-state index contributed by atoms with van der Waals surface area (Å²) in [5.41, 5.74) is 1.22. The molecule has 1 aliphatic rings. The predicted molar refractivity (Wildman–Crippen MR) is 98.3 cm³/mol. The number of rotatable bonds is 6. The Morgan fingerprint density at radius 1 is 1.04 bits per heavy atom. The van der Waals surface area contributed by atoms with Crippen molar-refractivity contribution in [3.63, 3.8) is 0 Å². The number of aromatic nitrogens is 2. The van der Waals surface area contributed by atoms with Crippen molar-refractivity contribution in [2.45, 2.75) is 26.5 Å². The van der Waals surface area contributed by atoms with Gasteiger partial charge in [-0.1, -0.05) is 18.2 Å². The van der Waals surface area contributed by atoms with E-state index in [2.05, 4.69) is 31.9 Å². The van der Waals surface area contributed by atoms with Crippen molar-refractivity contribution < 1.29 is 9.47 Å². The summed E-state index contributed by atoms with van der Waals surface area (Å²) < 4.78 is 11.3. The van der Waals surface area contributed by atoms with Gasteiger partial charge < -0.3 is 14.4 Å². The van der Waals surface area contributed by atoms with Crippen molar-refractivity contribution >= 4 is 5.82 Å². The SMILES string of the molecule is COc1ccccc1CN1CCN(c2nccnc2OC(C)C)CC1. The minimum atomic E-state index is 0.0854. The first-order chi connectivity index (χ1) is 12.2. The number of nitrogens with zero attached hydrogens (tertiary/aromatic N) is 4. The summed E-state index contributed by atoms with van der Waals surface area (Å²) >= 11 is 0. The molecule has 0 atom stereocenters. The van der Waals surface area contributed by atoms with Gasteiger partial charge in [0.25, 0.3) is 5.88 Å². The molecule has 1 saturated heterocycles. The first-order valence-electron chi connectivity index (χ1n) is 8.74. The van der Waals surface area contributed by atoms with Gasteiger partial charge >= 0.3 is 0 Å². The van der Waals surface area contributed by atoms with Crippen LogP contribution in [-0.4, -0.2) is 54.3 Å². The average molecular weight is 342 g/mol. The number of piperazine rings is 1. The molecule has 0 bridgehead atoms. The van der Waals surface area contributed by atoms with Crippen molar-refractivity contribution in [1.29, 1.82) is 0 Å². The van der Waals surface area contributed by atoms with Crippen molar-refractivity contribution in [1.82, 2.24) is 14.9 Å². The van der Waals surface area contributed by atoms with Crippen LogP contribution in [-0.2, 0) is 6.54 Å². The van der Waals surface area contributed by atoms with E-state index in [0.717, 1.165) is 44.3 Å². The van der Waals surface area contributed by atoms with Gasteiger partial charge in [-0.25, -0.2) is 9.97 Å². The summed E-state index contributed by atoms with van der Waals surface area (Å²) in [6.07, 6.45) is 3.49. The molecule has 0 N–H and O–H groups in total. The molecule has 0 radical (unpaired) electrons. The smallest absolute Gasteiger partial charge is 0.257 e. The first kappa shape index (κ1) is 17.5. The van der Waals surface area contributed by atoms with Crippen LogP contribution in [0.25, 0.3) is 0 Å². The van der Waals surface area contributed by atoms with Crippen LogP contribution in [0.5, 0.6) is 11.6 Å². The van der Waals surface area contributed by atoms with E-state index in [4.69, 9.17) is 9.47 Å². The van der Waals surface area contributed by atoms with E-state index >= 15 is 0 Å². The lowest BCUT2D eigenvalue weighted by Crippen LogP contribution is -2.46. The van der Waals surface area contributed by atoms with Crippen LogP contribution >= 0.6 is 0 Å². The molecule has 0 spiro atoms. The van der Waals surface area contributed by atoms with Crippen molar-refractivity contribution in [2.75, 3.05) is 38.2 Å². The van der Waals surface area contributed by atoms with Crippen LogP contribution < -0.4 is 14.4 Å². The zero-order valence-electron chi connectivity index (χ0n) is 15.2. The summed E-state index contributed by atoms with van der Waals surface area (Å²) in [4.78, 5) is 13.5. The van der Waals surface area contributed by atoms with Crippen LogP contribution in [0.4, 0.5) is 5.82 Å². The minimum absolute atomic E-state index is 0.0854. The molecule has 0 aliphatic carbocycles. The minimum Gasteiger partial charge on any atom is -0.496 e. The van der Waals surface area contributed by atoms with Crippen LogP contribution in [0.15, 0.2) is 36.7 Å². The number of hydrogen-bond acceptors (Lipinski definition) is 6. The maximum atomic E-state index is 5.81. The van der Waals surface area contributed by atoms with E-state index in [1.807, 2.05) is 26.0 Å². The number of benzene rings is 1. The fourth-order valence-corrected chi connectivity index (χ4v) is 3.03. The molecule has 1 fully saturated rings. The molecule has 0 amide bonds. The van der Waals surface area contributed by atoms with E-state index in [9.17, 15) is 0 Å². The normalized spacial score (nSPS) is 15.4. The highest BCUT2D eigenvalue weighted by Crippen LogP contribution is 2.25. The molecule has 1 aromatic carbocycles. The second-order valence-electron chi connectivity index (χ2n) is 6.43. The molecule has 3 rings (SSSR count). The highest BCUT2D eigenvalue weighted by Gasteiger charge is 2.22. The third kappa shape index (κ3) is 4.39. The van der Waals surface area contributed by atoms with E-state index in [-0.39, 0.29) is 6.10 Å². The Bertz CT molecular complexity index is 685. The molecule has 2 heterocycles. The topological polar surface area (TPSA) is 50.7 Å². The molecular formula is C19H26N4O2. The van der Waals surface area contributed by atoms with Crippen LogP contribution in [0.2, 0.25) is 0 Å². The van der Waals surface area contributed by atoms with E-state index < -0.39 is 0 Å². The molecule has 0 saturated carbocycles. The molecule has 0 unspecified atom stereocenters. The van der Waals surface area contributed by atoms with Crippen molar-refractivity contribution in [2.24, 2.45) is 0 Å². The fourth-order valence-electron chi connectivity index (χ4n) is 3.03. The average Bonchev–Trinajstić information content (AvgIpc) is 2.63. The van der Waals surface area contributed by atoms with E-state index in [1.165, 1.54) is 5.56 Å². The Kier molecular flexibility index (Phi) is 5.71. The zero-order valence-corrected chi connectivity index (χ0v) is 15.2. The van der Waals surface area contributed by atoms with Crippen molar-refractivity contribution in [3.05, 3.63) is 42.2 Å². The monoisotopic (exact) mass is 342 g/mol. The quantitative estimate of drug-likeness (QED) is 0.804. The number of anilines is 1. The predicted octanol–water partition coefficient (Wildman–Crippen LogP) is 2.59. The molecule has 6 heteroatoms. The number of hydrogen-bond donors (Lipinski definition) is 0. The van der Waals surface area contributed by atoms with E-state index in [0.29, 0.717) is 5.88 Å². The molecule has 2 aromatic rings. The van der Waals surface area contributed by atoms with Gasteiger partial charge in [-0.3, -0.25) is 4.90 Å². The highest BCUT2D eigenvalue weighted by atomic mass is 16.5. The summed E-state index contributed by atoms with van der Waals surface area (Å²) in [6, 6.07) is 8.21. The van der Waals surface area contributed by atoms with Crippen LogP contribution in [0.3, 0.4) is 0 Å². The van der Waals surface area contributed by atoms with E-state index in [1.54, 1.807) is 19.5 Å². The standard InChI is InChI=1S/C19H26N4O2/c1-15(2)25-19-18(20-8-9-21-19)23-12-10-22(11-13-23)14-16-6-4-5-7-17(16)24-3/h4-9,15H,10-14H2,1-3H3. The van der Waals surface area contributed by atoms with Gasteiger partial charge in [0.1, 0.15) is 5.75 Å². The van der Waals surface area contributed by atoms with Gasteiger partial charge in [0.05, 0.1) is 13.2 Å². The summed E-state index contributed by atoms with van der Waals surface area (Å²) in [5.74, 6) is 2.41. The Labute approximate surface area is 149 Å². The Morgan fingerprint density at radius 3 is 2.48 bits per heavy atom. The summed E-state index contributed by atoms with van der Waals surface area (Å²) in [6.45, 7) is 8.65. The lowest BCUT2D eigenvalue weighted by Gasteiger charge is -2.35. The largest absolute Gasteiger partial charge is 0.496 e. The first-order valence-corrected chi connectivity index (χ1v) is 8.74. The third-order valence-corrected chi connectivity index (χ3v) is 4.25. The molecule has 134 valence electrons. The number of para-hydroxylation sites is 1. The summed E-state index contributed by atoms with van der Waals surface area (Å²) in [5, 5.41) is 0. The highest BCUT2D eigenvalue weighted by molar-refractivity contribution is 5.48. The lowest BCUT2D eigenvalue weighted by molar-refractivity contribution is 0.226. The third-order valence-electron chi connectivity index (χ3n) is 4.25. The van der Waals surface area contributed by atoms with Crippen LogP contribution in [0.1, 0.15) is 19.4 Å².